The van der Waals surface area contributed by atoms with Gasteiger partial charge in [-0.15, -0.1) is 0 Å². The van der Waals surface area contributed by atoms with Crippen LogP contribution >= 0.6 is 0 Å². The van der Waals surface area contributed by atoms with Crippen LogP contribution in [0.4, 0.5) is 0 Å². The van der Waals surface area contributed by atoms with E-state index >= 15 is 0 Å². The van der Waals surface area contributed by atoms with Crippen LogP contribution in [0.1, 0.15) is 58.4 Å². The van der Waals surface area contributed by atoms with Gasteiger partial charge in [0.2, 0.25) is 10.0 Å². The number of sulfonamides is 1. The molecule has 1 aliphatic carbocycles. The maximum atomic E-state index is 13.0. The van der Waals surface area contributed by atoms with Gasteiger partial charge in [-0.3, -0.25) is 4.79 Å². The average molecular weight is 364 g/mol. The number of hydrogen-bond acceptors (Lipinski definition) is 3. The predicted octanol–water partition coefficient (Wildman–Crippen LogP) is 3.75. The molecule has 138 valence electrons. The van der Waals surface area contributed by atoms with Crippen molar-refractivity contribution in [1.29, 1.82) is 0 Å². The van der Waals surface area contributed by atoms with Gasteiger partial charge in [0.1, 0.15) is 5.78 Å². The molecule has 0 bridgehead atoms. The number of ketones is 1. The molecule has 1 aromatic rings. The highest BCUT2D eigenvalue weighted by molar-refractivity contribution is 7.89. The SMILES string of the molecule is CC(C)(C)c1ccc(S(=O)(=O)N2CCC(=O)C(CC3CC3)CC2)cc1. The predicted molar refractivity (Wildman–Crippen MR) is 99.0 cm³/mol. The van der Waals surface area contributed by atoms with Crippen LogP contribution in [0, 0.1) is 11.8 Å². The van der Waals surface area contributed by atoms with Crippen molar-refractivity contribution >= 4 is 15.8 Å². The number of benzene rings is 1. The van der Waals surface area contributed by atoms with E-state index in [1.165, 1.54) is 17.1 Å². The zero-order valence-corrected chi connectivity index (χ0v) is 16.3. The second-order valence-electron chi connectivity index (χ2n) is 8.56. The third-order valence-corrected chi connectivity index (χ3v) is 7.38. The van der Waals surface area contributed by atoms with Crippen molar-refractivity contribution in [2.24, 2.45) is 11.8 Å². The lowest BCUT2D eigenvalue weighted by molar-refractivity contribution is -0.122. The Kier molecular flexibility index (Phi) is 5.09. The molecule has 0 amide bonds. The van der Waals surface area contributed by atoms with Gasteiger partial charge in [-0.1, -0.05) is 45.7 Å². The van der Waals surface area contributed by atoms with Crippen molar-refractivity contribution in [3.63, 3.8) is 0 Å². The van der Waals surface area contributed by atoms with Crippen LogP contribution in [0.25, 0.3) is 0 Å². The third-order valence-electron chi connectivity index (χ3n) is 5.46. The van der Waals surface area contributed by atoms with E-state index in [1.54, 1.807) is 12.1 Å². The first-order valence-corrected chi connectivity index (χ1v) is 10.8. The molecule has 0 radical (unpaired) electrons. The van der Waals surface area contributed by atoms with Crippen molar-refractivity contribution in [2.75, 3.05) is 13.1 Å². The van der Waals surface area contributed by atoms with E-state index in [-0.39, 0.29) is 17.1 Å². The Labute approximate surface area is 151 Å². The molecule has 25 heavy (non-hydrogen) atoms. The van der Waals surface area contributed by atoms with Crippen molar-refractivity contribution in [2.45, 2.75) is 63.2 Å². The van der Waals surface area contributed by atoms with Gasteiger partial charge in [0.05, 0.1) is 4.90 Å². The van der Waals surface area contributed by atoms with Gasteiger partial charge >= 0.3 is 0 Å². The lowest BCUT2D eigenvalue weighted by Crippen LogP contribution is -2.32. The molecule has 1 saturated heterocycles. The Morgan fingerprint density at radius 2 is 1.68 bits per heavy atom. The summed E-state index contributed by atoms with van der Waals surface area (Å²) in [5.41, 5.74) is 1.11. The second kappa shape index (κ2) is 6.84. The van der Waals surface area contributed by atoms with Gasteiger partial charge in [0.25, 0.3) is 0 Å². The summed E-state index contributed by atoms with van der Waals surface area (Å²) in [6, 6.07) is 7.19. The summed E-state index contributed by atoms with van der Waals surface area (Å²) in [4.78, 5) is 12.6. The van der Waals surface area contributed by atoms with Crippen molar-refractivity contribution in [3.8, 4) is 0 Å². The highest BCUT2D eigenvalue weighted by Gasteiger charge is 2.34. The van der Waals surface area contributed by atoms with Gasteiger partial charge in [-0.25, -0.2) is 8.42 Å². The van der Waals surface area contributed by atoms with Crippen LogP contribution in [0.3, 0.4) is 0 Å². The van der Waals surface area contributed by atoms with Crippen molar-refractivity contribution < 1.29 is 13.2 Å². The molecule has 2 aliphatic rings. The van der Waals surface area contributed by atoms with E-state index in [0.29, 0.717) is 36.7 Å². The van der Waals surface area contributed by atoms with E-state index in [4.69, 9.17) is 0 Å². The minimum absolute atomic E-state index is 0.00660. The quantitative estimate of drug-likeness (QED) is 0.818. The number of rotatable bonds is 4. The highest BCUT2D eigenvalue weighted by Crippen LogP contribution is 2.37. The molecular formula is C20H29NO3S. The lowest BCUT2D eigenvalue weighted by atomic mass is 9.87. The molecule has 1 aliphatic heterocycles. The number of carbonyl (C=O) groups is 1. The molecule has 0 N–H and O–H groups in total. The Morgan fingerprint density at radius 1 is 1.04 bits per heavy atom. The summed E-state index contributed by atoms with van der Waals surface area (Å²) < 4.78 is 27.4. The molecule has 1 aromatic carbocycles. The van der Waals surface area contributed by atoms with Gasteiger partial charge < -0.3 is 0 Å². The van der Waals surface area contributed by atoms with E-state index in [1.807, 2.05) is 12.1 Å². The Balaban J connectivity index is 1.74. The van der Waals surface area contributed by atoms with E-state index < -0.39 is 10.0 Å². The van der Waals surface area contributed by atoms with Gasteiger partial charge in [0.15, 0.2) is 0 Å². The normalized spacial score (nSPS) is 23.5. The fourth-order valence-electron chi connectivity index (χ4n) is 3.53. The average Bonchev–Trinajstić information content (AvgIpc) is 3.37. The van der Waals surface area contributed by atoms with Crippen LogP contribution in [0.5, 0.6) is 0 Å². The van der Waals surface area contributed by atoms with Crippen molar-refractivity contribution in [1.82, 2.24) is 4.31 Å². The van der Waals surface area contributed by atoms with Crippen molar-refractivity contribution in [3.05, 3.63) is 29.8 Å². The van der Waals surface area contributed by atoms with Crippen LogP contribution in [0.2, 0.25) is 0 Å². The molecule has 1 heterocycles. The highest BCUT2D eigenvalue weighted by atomic mass is 32.2. The van der Waals surface area contributed by atoms with Gasteiger partial charge in [0, 0.05) is 25.4 Å². The smallest absolute Gasteiger partial charge is 0.243 e. The fraction of sp³-hybridized carbons (Fsp3) is 0.650. The Morgan fingerprint density at radius 3 is 2.24 bits per heavy atom. The summed E-state index contributed by atoms with van der Waals surface area (Å²) in [5, 5.41) is 0. The number of carbonyl (C=O) groups excluding carboxylic acids is 1. The maximum Gasteiger partial charge on any atom is 0.243 e. The van der Waals surface area contributed by atoms with E-state index in [2.05, 4.69) is 20.8 Å². The van der Waals surface area contributed by atoms with Crippen LogP contribution in [-0.2, 0) is 20.2 Å². The molecule has 1 unspecified atom stereocenters. The molecular weight excluding hydrogens is 334 g/mol. The number of Topliss-reactive ketones (excluding diaryl/α,β-unsaturated/α-hetero) is 1. The number of hydrogen-bond donors (Lipinski definition) is 0. The molecule has 0 aromatic heterocycles. The Bertz CT molecular complexity index is 727. The van der Waals surface area contributed by atoms with Crippen LogP contribution < -0.4 is 0 Å². The summed E-state index contributed by atoms with van der Waals surface area (Å²) >= 11 is 0. The third kappa shape index (κ3) is 4.32. The summed E-state index contributed by atoms with van der Waals surface area (Å²) in [7, 11) is -3.53. The topological polar surface area (TPSA) is 54.5 Å². The molecule has 4 nitrogen and oxygen atoms in total. The molecule has 3 rings (SSSR count). The second-order valence-corrected chi connectivity index (χ2v) is 10.5. The Hall–Kier alpha value is -1.20. The standard InChI is InChI=1S/C20H29NO3S/c1-20(2,3)17-6-8-18(9-7-17)25(23,24)21-12-10-16(14-15-4-5-15)19(22)11-13-21/h6-9,15-16H,4-5,10-14H2,1-3H3. The van der Waals surface area contributed by atoms with Crippen LogP contribution in [0.15, 0.2) is 29.2 Å². The van der Waals surface area contributed by atoms with Gasteiger partial charge in [-0.2, -0.15) is 4.31 Å². The lowest BCUT2D eigenvalue weighted by Gasteiger charge is -2.22. The molecule has 0 spiro atoms. The minimum Gasteiger partial charge on any atom is -0.299 e. The first-order valence-electron chi connectivity index (χ1n) is 9.31. The summed E-state index contributed by atoms with van der Waals surface area (Å²) in [6.45, 7) is 7.08. The first-order chi connectivity index (χ1) is 11.7. The zero-order chi connectivity index (χ0) is 18.2. The van der Waals surface area contributed by atoms with Crippen LogP contribution in [-0.4, -0.2) is 31.6 Å². The summed E-state index contributed by atoms with van der Waals surface area (Å²) in [5.74, 6) is 0.991. The summed E-state index contributed by atoms with van der Waals surface area (Å²) in [6.07, 6.45) is 4.41. The first kappa shape index (κ1) is 18.6. The molecule has 1 saturated carbocycles. The fourth-order valence-corrected chi connectivity index (χ4v) is 4.99. The zero-order valence-electron chi connectivity index (χ0n) is 15.5. The largest absolute Gasteiger partial charge is 0.299 e. The molecule has 2 fully saturated rings. The van der Waals surface area contributed by atoms with E-state index in [0.717, 1.165) is 12.0 Å². The molecule has 5 heteroatoms. The number of nitrogens with zero attached hydrogens (tertiary/aromatic N) is 1. The monoisotopic (exact) mass is 363 g/mol. The molecule has 1 atom stereocenters. The maximum absolute atomic E-state index is 13.0. The minimum atomic E-state index is -3.53. The van der Waals surface area contributed by atoms with E-state index in [9.17, 15) is 13.2 Å². The van der Waals surface area contributed by atoms with Gasteiger partial charge in [-0.05, 0) is 41.9 Å².